The Kier molecular flexibility index (Phi) is 5.75. The fourth-order valence-corrected chi connectivity index (χ4v) is 2.91. The first-order valence-corrected chi connectivity index (χ1v) is 9.30. The summed E-state index contributed by atoms with van der Waals surface area (Å²) in [5, 5.41) is 19.6. The fourth-order valence-electron chi connectivity index (χ4n) is 2.91. The SMILES string of the molecule is COc1cccc(Oc2coc3cc(OC(=O)c4ccc(N([O-])O)cc4)ccc3c2=O)c1. The number of anilines is 1. The van der Waals surface area contributed by atoms with E-state index in [1.54, 1.807) is 24.3 Å². The third-order valence-electron chi connectivity index (χ3n) is 4.52. The number of rotatable bonds is 6. The van der Waals surface area contributed by atoms with E-state index in [1.165, 1.54) is 55.8 Å². The van der Waals surface area contributed by atoms with Crippen LogP contribution in [-0.4, -0.2) is 18.3 Å². The van der Waals surface area contributed by atoms with Gasteiger partial charge >= 0.3 is 5.97 Å². The van der Waals surface area contributed by atoms with Crippen molar-refractivity contribution in [3.8, 4) is 23.0 Å². The van der Waals surface area contributed by atoms with Crippen LogP contribution in [0.15, 0.2) is 82.2 Å². The highest BCUT2D eigenvalue weighted by atomic mass is 16.8. The number of hydrogen-bond acceptors (Lipinski definition) is 9. The molecule has 3 aromatic carbocycles. The normalized spacial score (nSPS) is 10.6. The van der Waals surface area contributed by atoms with Crippen molar-refractivity contribution in [3.63, 3.8) is 0 Å². The second kappa shape index (κ2) is 8.80. The molecular weight excluding hydrogens is 418 g/mol. The molecule has 0 radical (unpaired) electrons. The van der Waals surface area contributed by atoms with Crippen LogP contribution < -0.4 is 24.9 Å². The number of hydrogen-bond donors (Lipinski definition) is 1. The number of benzene rings is 3. The van der Waals surface area contributed by atoms with Crippen LogP contribution in [-0.2, 0) is 0 Å². The maximum Gasteiger partial charge on any atom is 0.343 e. The Labute approximate surface area is 181 Å². The Hall–Kier alpha value is -4.34. The third-order valence-corrected chi connectivity index (χ3v) is 4.52. The van der Waals surface area contributed by atoms with Crippen molar-refractivity contribution < 1.29 is 28.6 Å². The van der Waals surface area contributed by atoms with Crippen LogP contribution in [0.25, 0.3) is 11.0 Å². The first-order chi connectivity index (χ1) is 15.4. The largest absolute Gasteiger partial charge is 0.733 e. The van der Waals surface area contributed by atoms with Crippen LogP contribution in [0.3, 0.4) is 0 Å². The zero-order valence-electron chi connectivity index (χ0n) is 16.7. The molecule has 0 aliphatic rings. The van der Waals surface area contributed by atoms with E-state index in [0.717, 1.165) is 0 Å². The molecule has 0 saturated heterocycles. The van der Waals surface area contributed by atoms with Gasteiger partial charge in [0.15, 0.2) is 0 Å². The van der Waals surface area contributed by atoms with Gasteiger partial charge in [-0.05, 0) is 48.5 Å². The Morgan fingerprint density at radius 3 is 2.47 bits per heavy atom. The molecule has 162 valence electrons. The summed E-state index contributed by atoms with van der Waals surface area (Å²) in [5.74, 6) is 0.451. The van der Waals surface area contributed by atoms with E-state index in [0.29, 0.717) is 11.5 Å². The van der Waals surface area contributed by atoms with E-state index in [9.17, 15) is 14.8 Å². The minimum atomic E-state index is -0.688. The Balaban J connectivity index is 1.55. The molecule has 0 aliphatic heterocycles. The van der Waals surface area contributed by atoms with Gasteiger partial charge in [-0.3, -0.25) is 10.0 Å². The highest BCUT2D eigenvalue weighted by Gasteiger charge is 2.13. The maximum absolute atomic E-state index is 12.8. The zero-order valence-corrected chi connectivity index (χ0v) is 16.7. The fraction of sp³-hybridized carbons (Fsp3) is 0.0435. The van der Waals surface area contributed by atoms with E-state index < -0.39 is 11.4 Å². The molecule has 4 aromatic rings. The summed E-state index contributed by atoms with van der Waals surface area (Å²) in [5.41, 5.74) is -0.0511. The minimum absolute atomic E-state index is 0.00751. The van der Waals surface area contributed by atoms with Gasteiger partial charge in [-0.2, -0.15) is 0 Å². The molecule has 0 fully saturated rings. The first-order valence-electron chi connectivity index (χ1n) is 9.30. The van der Waals surface area contributed by atoms with E-state index >= 15 is 0 Å². The predicted molar refractivity (Wildman–Crippen MR) is 115 cm³/mol. The molecular formula is C23H16NO8-. The highest BCUT2D eigenvalue weighted by Crippen LogP contribution is 2.26. The number of fused-ring (bicyclic) bond motifs is 1. The van der Waals surface area contributed by atoms with Gasteiger partial charge in [0.1, 0.15) is 29.1 Å². The van der Waals surface area contributed by atoms with E-state index in [2.05, 4.69) is 0 Å². The zero-order chi connectivity index (χ0) is 22.7. The summed E-state index contributed by atoms with van der Waals surface area (Å²) in [6.45, 7) is 0. The summed E-state index contributed by atoms with van der Waals surface area (Å²) in [4.78, 5) is 25.1. The lowest BCUT2D eigenvalue weighted by Crippen LogP contribution is -2.10. The topological polar surface area (TPSA) is 122 Å². The van der Waals surface area contributed by atoms with E-state index in [-0.39, 0.29) is 38.9 Å². The molecule has 4 rings (SSSR count). The number of carbonyl (C=O) groups is 1. The van der Waals surface area contributed by atoms with Gasteiger partial charge in [-0.25, -0.2) is 4.79 Å². The van der Waals surface area contributed by atoms with Gasteiger partial charge in [0, 0.05) is 12.1 Å². The molecule has 9 nitrogen and oxygen atoms in total. The molecule has 1 N–H and O–H groups in total. The first kappa shape index (κ1) is 20.9. The van der Waals surface area contributed by atoms with E-state index in [1.807, 2.05) is 0 Å². The Morgan fingerprint density at radius 1 is 1.00 bits per heavy atom. The molecule has 1 aromatic heterocycles. The molecule has 32 heavy (non-hydrogen) atoms. The summed E-state index contributed by atoms with van der Waals surface area (Å²) in [7, 11) is 1.53. The summed E-state index contributed by atoms with van der Waals surface area (Å²) in [6.07, 6.45) is 1.18. The maximum atomic E-state index is 12.8. The van der Waals surface area contributed by atoms with Gasteiger partial charge in [0.05, 0.1) is 23.7 Å². The van der Waals surface area contributed by atoms with Crippen LogP contribution in [0.1, 0.15) is 10.4 Å². The second-order valence-electron chi connectivity index (χ2n) is 6.58. The lowest BCUT2D eigenvalue weighted by atomic mass is 10.2. The molecule has 0 bridgehead atoms. The van der Waals surface area contributed by atoms with Crippen LogP contribution in [0.2, 0.25) is 0 Å². The standard InChI is InChI=1S/C23H16NO8/c1-29-16-3-2-4-17(11-16)31-21-13-30-20-12-18(9-10-19(20)22(21)25)32-23(26)14-5-7-15(8-6-14)24(27)28/h2-13,27H,1H3/q-1. The van der Waals surface area contributed by atoms with Gasteiger partial charge < -0.3 is 29.1 Å². The molecule has 0 aliphatic carbocycles. The molecule has 0 atom stereocenters. The molecule has 0 amide bonds. The van der Waals surface area contributed by atoms with Crippen molar-refractivity contribution in [2.24, 2.45) is 0 Å². The summed E-state index contributed by atoms with van der Waals surface area (Å²) < 4.78 is 21.6. The smallest absolute Gasteiger partial charge is 0.343 e. The van der Waals surface area contributed by atoms with Crippen LogP contribution in [0, 0.1) is 5.21 Å². The average Bonchev–Trinajstić information content (AvgIpc) is 2.81. The number of nitrogens with zero attached hydrogens (tertiary/aromatic N) is 1. The van der Waals surface area contributed by atoms with Crippen molar-refractivity contribution in [2.75, 3.05) is 12.3 Å². The van der Waals surface area contributed by atoms with Crippen molar-refractivity contribution in [2.45, 2.75) is 0 Å². The molecule has 0 spiro atoms. The van der Waals surface area contributed by atoms with E-state index in [4.69, 9.17) is 23.8 Å². The highest BCUT2D eigenvalue weighted by molar-refractivity contribution is 5.92. The number of methoxy groups -OCH3 is 1. The molecule has 1 heterocycles. The van der Waals surface area contributed by atoms with Crippen molar-refractivity contribution >= 4 is 22.6 Å². The van der Waals surface area contributed by atoms with Gasteiger partial charge in [0.2, 0.25) is 11.2 Å². The summed E-state index contributed by atoms with van der Waals surface area (Å²) >= 11 is 0. The summed E-state index contributed by atoms with van der Waals surface area (Å²) in [6, 6.07) is 16.3. The van der Waals surface area contributed by atoms with Gasteiger partial charge in [-0.1, -0.05) is 6.07 Å². The van der Waals surface area contributed by atoms with Crippen LogP contribution in [0.5, 0.6) is 23.0 Å². The molecule has 9 heteroatoms. The molecule has 0 unspecified atom stereocenters. The lowest BCUT2D eigenvalue weighted by molar-refractivity contribution is 0.0735. The average molecular weight is 434 g/mol. The monoisotopic (exact) mass is 434 g/mol. The molecule has 0 saturated carbocycles. The van der Waals surface area contributed by atoms with Crippen molar-refractivity contribution in [1.82, 2.24) is 0 Å². The minimum Gasteiger partial charge on any atom is -0.733 e. The Morgan fingerprint density at radius 2 is 1.75 bits per heavy atom. The van der Waals surface area contributed by atoms with Gasteiger partial charge in [-0.15, -0.1) is 0 Å². The van der Waals surface area contributed by atoms with Crippen LogP contribution in [0.4, 0.5) is 5.69 Å². The quantitative estimate of drug-likeness (QED) is 0.265. The Bertz CT molecular complexity index is 1330. The van der Waals surface area contributed by atoms with Gasteiger partial charge in [0.25, 0.3) is 0 Å². The number of carbonyl (C=O) groups excluding carboxylic acids is 1. The number of esters is 1. The van der Waals surface area contributed by atoms with Crippen molar-refractivity contribution in [3.05, 3.63) is 94.0 Å². The third kappa shape index (κ3) is 4.38. The number of ether oxygens (including phenoxy) is 3. The second-order valence-corrected chi connectivity index (χ2v) is 6.58. The van der Waals surface area contributed by atoms with Crippen LogP contribution >= 0.6 is 0 Å². The lowest BCUT2D eigenvalue weighted by Gasteiger charge is -2.21. The predicted octanol–water partition coefficient (Wildman–Crippen LogP) is 4.51. The van der Waals surface area contributed by atoms with Crippen molar-refractivity contribution in [1.29, 1.82) is 0 Å².